The standard InChI is InChI=1S/C13H19ClN2O2/c14-10-2-1-3-11(15)13(10)12(17)4-5-16-6-8-18-9-7-16/h3H,1-2,4-9,15H2. The molecule has 2 N–H and O–H groups in total. The van der Waals surface area contributed by atoms with E-state index in [-0.39, 0.29) is 5.78 Å². The summed E-state index contributed by atoms with van der Waals surface area (Å²) in [5.74, 6) is 0.0555. The Bertz CT molecular complexity index is 384. The predicted molar refractivity (Wildman–Crippen MR) is 71.3 cm³/mol. The summed E-state index contributed by atoms with van der Waals surface area (Å²) in [7, 11) is 0. The van der Waals surface area contributed by atoms with Crippen molar-refractivity contribution < 1.29 is 9.53 Å². The van der Waals surface area contributed by atoms with Gasteiger partial charge < -0.3 is 10.5 Å². The van der Waals surface area contributed by atoms with Crippen LogP contribution in [0.2, 0.25) is 0 Å². The zero-order valence-electron chi connectivity index (χ0n) is 10.5. The van der Waals surface area contributed by atoms with Crippen molar-refractivity contribution in [1.82, 2.24) is 4.90 Å². The molecule has 1 aliphatic carbocycles. The van der Waals surface area contributed by atoms with Gasteiger partial charge in [-0.25, -0.2) is 0 Å². The zero-order chi connectivity index (χ0) is 13.0. The highest BCUT2D eigenvalue weighted by Crippen LogP contribution is 2.26. The van der Waals surface area contributed by atoms with Gasteiger partial charge in [-0.2, -0.15) is 0 Å². The average Bonchev–Trinajstić information content (AvgIpc) is 2.37. The Labute approximate surface area is 112 Å². The van der Waals surface area contributed by atoms with Crippen LogP contribution in [-0.2, 0) is 9.53 Å². The molecular weight excluding hydrogens is 252 g/mol. The maximum absolute atomic E-state index is 12.1. The van der Waals surface area contributed by atoms with Gasteiger partial charge in [-0.15, -0.1) is 0 Å². The Morgan fingerprint density at radius 3 is 2.83 bits per heavy atom. The minimum Gasteiger partial charge on any atom is -0.398 e. The summed E-state index contributed by atoms with van der Waals surface area (Å²) in [5, 5.41) is 0.613. The Hall–Kier alpha value is -0.840. The number of nitrogens with two attached hydrogens (primary N) is 1. The molecule has 1 aliphatic heterocycles. The van der Waals surface area contributed by atoms with Crippen molar-refractivity contribution in [3.63, 3.8) is 0 Å². The highest BCUT2D eigenvalue weighted by molar-refractivity contribution is 6.32. The lowest BCUT2D eigenvalue weighted by molar-refractivity contribution is -0.116. The number of hydrogen-bond donors (Lipinski definition) is 1. The van der Waals surface area contributed by atoms with Gasteiger partial charge >= 0.3 is 0 Å². The molecule has 4 nitrogen and oxygen atoms in total. The first-order valence-electron chi connectivity index (χ1n) is 6.36. The third kappa shape index (κ3) is 3.34. The second-order valence-corrected chi connectivity index (χ2v) is 5.06. The van der Waals surface area contributed by atoms with E-state index in [4.69, 9.17) is 22.1 Å². The number of allylic oxidation sites excluding steroid dienone is 3. The third-order valence-electron chi connectivity index (χ3n) is 3.33. The van der Waals surface area contributed by atoms with Crippen LogP contribution < -0.4 is 5.73 Å². The molecule has 0 aromatic rings. The number of nitrogens with zero attached hydrogens (tertiary/aromatic N) is 1. The van der Waals surface area contributed by atoms with Crippen molar-refractivity contribution in [2.75, 3.05) is 32.8 Å². The molecule has 0 radical (unpaired) electrons. The Kier molecular flexibility index (Phi) is 4.80. The van der Waals surface area contributed by atoms with Crippen molar-refractivity contribution in [2.45, 2.75) is 19.3 Å². The topological polar surface area (TPSA) is 55.6 Å². The van der Waals surface area contributed by atoms with Crippen molar-refractivity contribution in [1.29, 1.82) is 0 Å². The molecule has 1 fully saturated rings. The number of carbonyl (C=O) groups excluding carboxylic acids is 1. The maximum atomic E-state index is 12.1. The van der Waals surface area contributed by atoms with Crippen LogP contribution in [0.25, 0.3) is 0 Å². The summed E-state index contributed by atoms with van der Waals surface area (Å²) in [6.45, 7) is 4.04. The fourth-order valence-electron chi connectivity index (χ4n) is 2.26. The van der Waals surface area contributed by atoms with Crippen LogP contribution in [-0.4, -0.2) is 43.5 Å². The molecule has 100 valence electrons. The van der Waals surface area contributed by atoms with Crippen molar-refractivity contribution in [3.8, 4) is 0 Å². The second-order valence-electron chi connectivity index (χ2n) is 4.61. The van der Waals surface area contributed by atoms with Crippen molar-refractivity contribution in [2.24, 2.45) is 5.73 Å². The molecule has 2 aliphatic rings. The maximum Gasteiger partial charge on any atom is 0.167 e. The number of Topliss-reactive ketones (excluding diaryl/α,β-unsaturated/α-hetero) is 1. The molecule has 0 bridgehead atoms. The van der Waals surface area contributed by atoms with Crippen LogP contribution in [0.1, 0.15) is 19.3 Å². The number of halogens is 1. The molecule has 1 heterocycles. The van der Waals surface area contributed by atoms with Crippen LogP contribution in [0.5, 0.6) is 0 Å². The van der Waals surface area contributed by atoms with Gasteiger partial charge in [0.15, 0.2) is 5.78 Å². The van der Waals surface area contributed by atoms with Gasteiger partial charge in [0.2, 0.25) is 0 Å². The lowest BCUT2D eigenvalue weighted by Gasteiger charge is -2.26. The van der Waals surface area contributed by atoms with Gasteiger partial charge in [-0.05, 0) is 12.8 Å². The fraction of sp³-hybridized carbons (Fsp3) is 0.615. The van der Waals surface area contributed by atoms with Gasteiger partial charge in [0.05, 0.1) is 18.8 Å². The second kappa shape index (κ2) is 6.36. The van der Waals surface area contributed by atoms with E-state index in [0.717, 1.165) is 45.7 Å². The summed E-state index contributed by atoms with van der Waals surface area (Å²) in [6, 6.07) is 0. The monoisotopic (exact) mass is 270 g/mol. The highest BCUT2D eigenvalue weighted by atomic mass is 35.5. The molecule has 0 atom stereocenters. The number of carbonyl (C=O) groups is 1. The van der Waals surface area contributed by atoms with Crippen LogP contribution in [0.3, 0.4) is 0 Å². The predicted octanol–water partition coefficient (Wildman–Crippen LogP) is 1.41. The van der Waals surface area contributed by atoms with E-state index in [0.29, 0.717) is 22.7 Å². The molecule has 0 saturated carbocycles. The van der Waals surface area contributed by atoms with Crippen LogP contribution in [0.15, 0.2) is 22.4 Å². The number of ether oxygens (including phenoxy) is 1. The number of morpholine rings is 1. The first-order valence-corrected chi connectivity index (χ1v) is 6.74. The van der Waals surface area contributed by atoms with E-state index in [9.17, 15) is 4.79 Å². The average molecular weight is 271 g/mol. The zero-order valence-corrected chi connectivity index (χ0v) is 11.2. The van der Waals surface area contributed by atoms with E-state index in [1.54, 1.807) is 0 Å². The summed E-state index contributed by atoms with van der Waals surface area (Å²) >= 11 is 6.10. The molecule has 1 saturated heterocycles. The molecule has 18 heavy (non-hydrogen) atoms. The Morgan fingerprint density at radius 2 is 2.17 bits per heavy atom. The van der Waals surface area contributed by atoms with E-state index in [2.05, 4.69) is 4.90 Å². The first-order chi connectivity index (χ1) is 8.68. The van der Waals surface area contributed by atoms with Gasteiger partial charge in [0.25, 0.3) is 0 Å². The molecule has 0 unspecified atom stereocenters. The molecule has 0 amide bonds. The van der Waals surface area contributed by atoms with Crippen LogP contribution >= 0.6 is 11.6 Å². The lowest BCUT2D eigenvalue weighted by Crippen LogP contribution is -2.37. The van der Waals surface area contributed by atoms with E-state index in [1.165, 1.54) is 0 Å². The number of ketones is 1. The number of rotatable bonds is 4. The minimum absolute atomic E-state index is 0.0555. The summed E-state index contributed by atoms with van der Waals surface area (Å²) in [6.07, 6.45) is 3.90. The quantitative estimate of drug-likeness (QED) is 0.839. The first kappa shape index (κ1) is 13.6. The third-order valence-corrected chi connectivity index (χ3v) is 3.70. The van der Waals surface area contributed by atoms with Gasteiger partial charge in [-0.3, -0.25) is 9.69 Å². The van der Waals surface area contributed by atoms with E-state index < -0.39 is 0 Å². The summed E-state index contributed by atoms with van der Waals surface area (Å²) in [4.78, 5) is 14.4. The van der Waals surface area contributed by atoms with E-state index >= 15 is 0 Å². The Balaban J connectivity index is 1.89. The Morgan fingerprint density at radius 1 is 1.44 bits per heavy atom. The molecule has 0 spiro atoms. The lowest BCUT2D eigenvalue weighted by atomic mass is 9.98. The molecule has 5 heteroatoms. The largest absolute Gasteiger partial charge is 0.398 e. The summed E-state index contributed by atoms with van der Waals surface area (Å²) in [5.41, 5.74) is 6.92. The van der Waals surface area contributed by atoms with E-state index in [1.807, 2.05) is 6.08 Å². The summed E-state index contributed by atoms with van der Waals surface area (Å²) < 4.78 is 5.27. The van der Waals surface area contributed by atoms with Crippen LogP contribution in [0.4, 0.5) is 0 Å². The van der Waals surface area contributed by atoms with Gasteiger partial charge in [0.1, 0.15) is 0 Å². The number of hydrogen-bond acceptors (Lipinski definition) is 4. The molecule has 0 aromatic heterocycles. The van der Waals surface area contributed by atoms with Crippen molar-refractivity contribution in [3.05, 3.63) is 22.4 Å². The van der Waals surface area contributed by atoms with Crippen molar-refractivity contribution >= 4 is 17.4 Å². The van der Waals surface area contributed by atoms with Gasteiger partial charge in [0, 0.05) is 36.8 Å². The molecular formula is C13H19ClN2O2. The van der Waals surface area contributed by atoms with Crippen LogP contribution in [0, 0.1) is 0 Å². The van der Waals surface area contributed by atoms with Gasteiger partial charge in [-0.1, -0.05) is 17.7 Å². The highest BCUT2D eigenvalue weighted by Gasteiger charge is 2.20. The molecule has 0 aromatic carbocycles. The SMILES string of the molecule is NC1=CCCC(Cl)=C1C(=O)CCN1CCOCC1. The normalized spacial score (nSPS) is 21.9. The molecule has 2 rings (SSSR count). The fourth-order valence-corrected chi connectivity index (χ4v) is 2.58. The smallest absolute Gasteiger partial charge is 0.167 e. The minimum atomic E-state index is 0.0555.